The summed E-state index contributed by atoms with van der Waals surface area (Å²) in [6.07, 6.45) is 2.99. The third-order valence-electron chi connectivity index (χ3n) is 5.26. The van der Waals surface area contributed by atoms with E-state index >= 15 is 0 Å². The lowest BCUT2D eigenvalue weighted by Gasteiger charge is -2.12. The highest BCUT2D eigenvalue weighted by atomic mass is 35.5. The predicted octanol–water partition coefficient (Wildman–Crippen LogP) is 4.61. The molecule has 0 unspecified atom stereocenters. The van der Waals surface area contributed by atoms with Crippen molar-refractivity contribution in [2.45, 2.75) is 11.4 Å². The number of hydrogen-bond donors (Lipinski definition) is 2. The van der Waals surface area contributed by atoms with Crippen LogP contribution in [0.4, 0.5) is 15.9 Å². The van der Waals surface area contributed by atoms with Crippen molar-refractivity contribution in [1.29, 1.82) is 0 Å². The van der Waals surface area contributed by atoms with Gasteiger partial charge >= 0.3 is 0 Å². The van der Waals surface area contributed by atoms with Crippen LogP contribution in [0.5, 0.6) is 0 Å². The Labute approximate surface area is 221 Å². The molecule has 1 aromatic heterocycles. The molecule has 4 rings (SSSR count). The van der Waals surface area contributed by atoms with E-state index in [0.717, 1.165) is 17.2 Å². The molecule has 11 heteroatoms. The van der Waals surface area contributed by atoms with Crippen LogP contribution in [-0.2, 0) is 23.6 Å². The Bertz CT molecular complexity index is 1600. The molecular formula is C26H22BClFN5O2S. The molecule has 0 bridgehead atoms. The first-order valence-electron chi connectivity index (χ1n) is 11.1. The van der Waals surface area contributed by atoms with Gasteiger partial charge in [-0.1, -0.05) is 53.5 Å². The molecule has 2 radical (unpaired) electrons. The molecule has 0 fully saturated rings. The van der Waals surface area contributed by atoms with E-state index < -0.39 is 15.8 Å². The number of halogens is 2. The first kappa shape index (κ1) is 26.2. The van der Waals surface area contributed by atoms with Crippen LogP contribution in [0.25, 0.3) is 11.3 Å². The molecule has 0 aliphatic heterocycles. The molecule has 37 heavy (non-hydrogen) atoms. The Morgan fingerprint density at radius 3 is 2.57 bits per heavy atom. The van der Waals surface area contributed by atoms with Gasteiger partial charge in [0.05, 0.1) is 10.6 Å². The lowest BCUT2D eigenvalue weighted by Crippen LogP contribution is -2.13. The summed E-state index contributed by atoms with van der Waals surface area (Å²) in [5.41, 5.74) is 2.78. The van der Waals surface area contributed by atoms with E-state index in [1.165, 1.54) is 30.6 Å². The number of aromatic nitrogens is 3. The number of nitrogens with zero attached hydrogens (tertiary/aromatic N) is 3. The second-order valence-corrected chi connectivity index (χ2v) is 10.1. The van der Waals surface area contributed by atoms with Gasteiger partial charge in [0.15, 0.2) is 0 Å². The monoisotopic (exact) mass is 533 g/mol. The fraction of sp³-hybridized carbons (Fsp3) is 0.0769. The fourth-order valence-corrected chi connectivity index (χ4v) is 4.73. The van der Waals surface area contributed by atoms with Crippen LogP contribution in [0, 0.1) is 5.82 Å². The van der Waals surface area contributed by atoms with Crippen molar-refractivity contribution >= 4 is 46.4 Å². The SMILES string of the molecule is [B]c1cnc(-c2ccccc2Cl)cc(NCc2cccc(NS(=O)(=O)c3cccc(F)c3)c2)n(C)nc1. The predicted molar refractivity (Wildman–Crippen MR) is 145 cm³/mol. The second kappa shape index (κ2) is 11.4. The molecule has 4 aromatic rings. The van der Waals surface area contributed by atoms with Crippen molar-refractivity contribution in [3.05, 3.63) is 108 Å². The van der Waals surface area contributed by atoms with Gasteiger partial charge in [0.1, 0.15) is 19.5 Å². The maximum absolute atomic E-state index is 13.5. The van der Waals surface area contributed by atoms with Gasteiger partial charge in [0.2, 0.25) is 0 Å². The molecule has 1 heterocycles. The molecule has 0 saturated carbocycles. The van der Waals surface area contributed by atoms with Gasteiger partial charge in [-0.05, 0) is 42.0 Å². The quantitative estimate of drug-likeness (QED) is 0.339. The average molecular weight is 534 g/mol. The van der Waals surface area contributed by atoms with E-state index in [4.69, 9.17) is 19.4 Å². The third kappa shape index (κ3) is 6.87. The number of benzene rings is 3. The number of hydrogen-bond acceptors (Lipinski definition) is 5. The van der Waals surface area contributed by atoms with Crippen molar-refractivity contribution in [2.24, 2.45) is 7.05 Å². The molecule has 0 aliphatic carbocycles. The molecule has 0 aliphatic rings. The molecule has 0 atom stereocenters. The molecule has 186 valence electrons. The topological polar surface area (TPSA) is 88.9 Å². The molecule has 0 amide bonds. The summed E-state index contributed by atoms with van der Waals surface area (Å²) in [4.78, 5) is 4.33. The van der Waals surface area contributed by atoms with Crippen LogP contribution in [0.3, 0.4) is 0 Å². The Kier molecular flexibility index (Phi) is 8.10. The number of anilines is 2. The van der Waals surface area contributed by atoms with Gasteiger partial charge in [-0.25, -0.2) is 12.8 Å². The zero-order valence-corrected chi connectivity index (χ0v) is 21.3. The average Bonchev–Trinajstić information content (AvgIpc) is 2.93. The van der Waals surface area contributed by atoms with Crippen LogP contribution < -0.4 is 15.5 Å². The van der Waals surface area contributed by atoms with Crippen molar-refractivity contribution in [1.82, 2.24) is 14.8 Å². The fourth-order valence-electron chi connectivity index (χ4n) is 3.42. The van der Waals surface area contributed by atoms with Crippen molar-refractivity contribution < 1.29 is 12.8 Å². The maximum atomic E-state index is 13.5. The lowest BCUT2D eigenvalue weighted by molar-refractivity contribution is 0.595. The Morgan fingerprint density at radius 2 is 1.78 bits per heavy atom. The van der Waals surface area contributed by atoms with Gasteiger partial charge in [0.25, 0.3) is 10.0 Å². The lowest BCUT2D eigenvalue weighted by atomic mass is 10.0. The molecule has 0 spiro atoms. The molecule has 2 N–H and O–H groups in total. The summed E-state index contributed by atoms with van der Waals surface area (Å²) in [5.74, 6) is -0.0312. The number of nitrogens with one attached hydrogen (secondary N) is 2. The molecule has 0 saturated heterocycles. The highest BCUT2D eigenvalue weighted by Crippen LogP contribution is 2.26. The minimum atomic E-state index is -3.95. The maximum Gasteiger partial charge on any atom is 0.261 e. The molecule has 7 nitrogen and oxygen atoms in total. The smallest absolute Gasteiger partial charge is 0.261 e. The summed E-state index contributed by atoms with van der Waals surface area (Å²) < 4.78 is 43.0. The highest BCUT2D eigenvalue weighted by Gasteiger charge is 2.15. The number of aryl methyl sites for hydroxylation is 1. The van der Waals surface area contributed by atoms with Crippen LogP contribution in [-0.4, -0.2) is 31.0 Å². The molecular weight excluding hydrogens is 512 g/mol. The van der Waals surface area contributed by atoms with Crippen molar-refractivity contribution in [3.8, 4) is 11.3 Å². The summed E-state index contributed by atoms with van der Waals surface area (Å²) in [6, 6.07) is 20.8. The largest absolute Gasteiger partial charge is 0.366 e. The minimum Gasteiger partial charge on any atom is -0.366 e. The second-order valence-electron chi connectivity index (χ2n) is 8.04. The number of sulfonamides is 1. The first-order valence-corrected chi connectivity index (χ1v) is 13.0. The number of rotatable bonds is 7. The zero-order valence-electron chi connectivity index (χ0n) is 19.8. The van der Waals surface area contributed by atoms with Gasteiger partial charge in [0, 0.05) is 48.3 Å². The zero-order chi connectivity index (χ0) is 26.4. The standard InChI is InChI=1S/C26H22BClFN5O2S/c1-34-26(14-25(30-16-19(27)17-32-34)23-10-2-3-11-24(23)28)31-15-18-6-4-8-21(12-18)33-37(35,36)22-9-5-7-20(29)13-22/h2-14,16-17,31,33H,15H2,1H3. The summed E-state index contributed by atoms with van der Waals surface area (Å²) in [5, 5.41) is 8.17. The molecule has 3 aromatic carbocycles. The van der Waals surface area contributed by atoms with Crippen LogP contribution in [0.2, 0.25) is 5.02 Å². The van der Waals surface area contributed by atoms with Crippen LogP contribution in [0.15, 0.2) is 96.2 Å². The van der Waals surface area contributed by atoms with Gasteiger partial charge in [-0.3, -0.25) is 14.4 Å². The minimum absolute atomic E-state index is 0.162. The first-order chi connectivity index (χ1) is 17.7. The van der Waals surface area contributed by atoms with Gasteiger partial charge in [-0.15, -0.1) is 0 Å². The van der Waals surface area contributed by atoms with E-state index in [1.54, 1.807) is 42.1 Å². The van der Waals surface area contributed by atoms with Gasteiger partial charge in [-0.2, -0.15) is 5.10 Å². The Hall–Kier alpha value is -3.89. The van der Waals surface area contributed by atoms with Crippen molar-refractivity contribution in [3.63, 3.8) is 0 Å². The van der Waals surface area contributed by atoms with Gasteiger partial charge < -0.3 is 5.32 Å². The van der Waals surface area contributed by atoms with Crippen LogP contribution >= 0.6 is 11.6 Å². The van der Waals surface area contributed by atoms with E-state index in [9.17, 15) is 12.8 Å². The van der Waals surface area contributed by atoms with E-state index in [1.807, 2.05) is 24.3 Å². The third-order valence-corrected chi connectivity index (χ3v) is 6.97. The Balaban J connectivity index is 1.62. The van der Waals surface area contributed by atoms with E-state index in [0.29, 0.717) is 34.2 Å². The van der Waals surface area contributed by atoms with Crippen molar-refractivity contribution in [2.75, 3.05) is 10.0 Å². The summed E-state index contributed by atoms with van der Waals surface area (Å²) >= 11 is 6.40. The van der Waals surface area contributed by atoms with E-state index in [-0.39, 0.29) is 4.90 Å². The summed E-state index contributed by atoms with van der Waals surface area (Å²) in [6.45, 7) is 0.333. The summed E-state index contributed by atoms with van der Waals surface area (Å²) in [7, 11) is 3.77. The Morgan fingerprint density at radius 1 is 1.00 bits per heavy atom. The highest BCUT2D eigenvalue weighted by molar-refractivity contribution is 7.92. The normalized spacial score (nSPS) is 11.0. The van der Waals surface area contributed by atoms with E-state index in [2.05, 4.69) is 20.1 Å². The van der Waals surface area contributed by atoms with Crippen LogP contribution in [0.1, 0.15) is 5.56 Å².